The summed E-state index contributed by atoms with van der Waals surface area (Å²) in [5.74, 6) is -0.353. The molecule has 0 spiro atoms. The van der Waals surface area contributed by atoms with Crippen LogP contribution in [0, 0.1) is 12.7 Å². The smallest absolute Gasteiger partial charge is 0.125 e. The van der Waals surface area contributed by atoms with E-state index in [4.69, 9.17) is 11.6 Å². The molecule has 0 radical (unpaired) electrons. The van der Waals surface area contributed by atoms with Crippen LogP contribution in [-0.2, 0) is 0 Å². The maximum absolute atomic E-state index is 12.9. The van der Waals surface area contributed by atoms with E-state index in [9.17, 15) is 4.39 Å². The van der Waals surface area contributed by atoms with E-state index in [0.29, 0.717) is 15.9 Å². The summed E-state index contributed by atoms with van der Waals surface area (Å²) in [6.45, 7) is 5.84. The zero-order valence-corrected chi connectivity index (χ0v) is 9.64. The third-order valence-corrected chi connectivity index (χ3v) is 2.15. The minimum Gasteiger partial charge on any atom is -0.207 e. The molecule has 0 atom stereocenters. The molecule has 0 saturated heterocycles. The van der Waals surface area contributed by atoms with E-state index < -0.39 is 0 Å². The maximum Gasteiger partial charge on any atom is 0.125 e. The second kappa shape index (κ2) is 5.03. The Balaban J connectivity index is 0.000000531. The largest absolute Gasteiger partial charge is 0.207 e. The van der Waals surface area contributed by atoms with E-state index in [-0.39, 0.29) is 5.82 Å². The summed E-state index contributed by atoms with van der Waals surface area (Å²) in [4.78, 5) is 0. The summed E-state index contributed by atoms with van der Waals surface area (Å²) in [5, 5.41) is 8.59. The van der Waals surface area contributed by atoms with Gasteiger partial charge in [-0.2, -0.15) is 5.10 Å². The Morgan fingerprint density at radius 2 is 1.93 bits per heavy atom. The molecule has 0 N–H and O–H groups in total. The minimum atomic E-state index is -0.353. The van der Waals surface area contributed by atoms with Gasteiger partial charge >= 0.3 is 0 Å². The predicted octanol–water partition coefficient (Wildman–Crippen LogP) is 3.76. The number of nitrogens with zero attached hydrogens (tertiary/aromatic N) is 2. The Bertz CT molecular complexity index is 471. The van der Waals surface area contributed by atoms with Crippen molar-refractivity contribution in [1.82, 2.24) is 10.2 Å². The zero-order chi connectivity index (χ0) is 11.4. The summed E-state index contributed by atoms with van der Waals surface area (Å²) < 4.78 is 12.9. The number of fused-ring (bicyclic) bond motifs is 1. The molecule has 0 fully saturated rings. The second-order valence-corrected chi connectivity index (χ2v) is 3.22. The maximum atomic E-state index is 12.9. The predicted molar refractivity (Wildman–Crippen MR) is 60.6 cm³/mol. The molecule has 2 rings (SSSR count). The van der Waals surface area contributed by atoms with Gasteiger partial charge in [-0.1, -0.05) is 25.4 Å². The Labute approximate surface area is 93.1 Å². The van der Waals surface area contributed by atoms with Gasteiger partial charge in [-0.05, 0) is 24.6 Å². The van der Waals surface area contributed by atoms with Crippen LogP contribution in [0.5, 0.6) is 0 Å². The summed E-state index contributed by atoms with van der Waals surface area (Å²) in [6.07, 6.45) is 1.58. The third kappa shape index (κ3) is 2.42. The molecule has 1 aromatic carbocycles. The summed E-state index contributed by atoms with van der Waals surface area (Å²) >= 11 is 5.79. The summed E-state index contributed by atoms with van der Waals surface area (Å²) in [7, 11) is 0. The van der Waals surface area contributed by atoms with Crippen LogP contribution in [0.15, 0.2) is 18.3 Å². The van der Waals surface area contributed by atoms with Crippen molar-refractivity contribution in [3.63, 3.8) is 0 Å². The first kappa shape index (κ1) is 11.9. The molecular formula is C11H12ClFN2. The van der Waals surface area contributed by atoms with Crippen molar-refractivity contribution in [3.8, 4) is 0 Å². The van der Waals surface area contributed by atoms with Crippen LogP contribution in [0.25, 0.3) is 10.9 Å². The van der Waals surface area contributed by atoms with Crippen LogP contribution < -0.4 is 0 Å². The van der Waals surface area contributed by atoms with Gasteiger partial charge in [0.15, 0.2) is 0 Å². The highest BCUT2D eigenvalue weighted by atomic mass is 35.5. The van der Waals surface area contributed by atoms with E-state index in [1.54, 1.807) is 6.20 Å². The monoisotopic (exact) mass is 226 g/mol. The van der Waals surface area contributed by atoms with Crippen LogP contribution in [-0.4, -0.2) is 10.2 Å². The van der Waals surface area contributed by atoms with Gasteiger partial charge in [-0.15, -0.1) is 5.10 Å². The van der Waals surface area contributed by atoms with Crippen molar-refractivity contribution in [2.45, 2.75) is 20.8 Å². The Kier molecular flexibility index (Phi) is 3.97. The molecular weight excluding hydrogens is 215 g/mol. The molecule has 1 heterocycles. The Morgan fingerprint density at radius 3 is 2.60 bits per heavy atom. The van der Waals surface area contributed by atoms with Crippen LogP contribution >= 0.6 is 11.6 Å². The first-order chi connectivity index (χ1) is 7.18. The van der Waals surface area contributed by atoms with Crippen LogP contribution in [0.2, 0.25) is 5.02 Å². The van der Waals surface area contributed by atoms with Crippen LogP contribution in [0.1, 0.15) is 19.4 Å². The zero-order valence-electron chi connectivity index (χ0n) is 8.88. The fraction of sp³-hybridized carbons (Fsp3) is 0.273. The number of hydrogen-bond acceptors (Lipinski definition) is 2. The molecule has 0 bridgehead atoms. The topological polar surface area (TPSA) is 25.8 Å². The van der Waals surface area contributed by atoms with Crippen molar-refractivity contribution in [3.05, 3.63) is 34.7 Å². The van der Waals surface area contributed by atoms with Crippen molar-refractivity contribution in [1.29, 1.82) is 0 Å². The van der Waals surface area contributed by atoms with Crippen molar-refractivity contribution in [2.75, 3.05) is 0 Å². The number of rotatable bonds is 0. The SMILES string of the molecule is CC.Cc1cnnc2c(Cl)cc(F)cc12. The Hall–Kier alpha value is -1.22. The van der Waals surface area contributed by atoms with Gasteiger partial charge in [0.2, 0.25) is 0 Å². The lowest BCUT2D eigenvalue weighted by atomic mass is 10.1. The van der Waals surface area contributed by atoms with Gasteiger partial charge in [0.05, 0.1) is 11.2 Å². The molecule has 2 aromatic rings. The number of aryl methyl sites for hydroxylation is 1. The quantitative estimate of drug-likeness (QED) is 0.684. The Morgan fingerprint density at radius 1 is 1.27 bits per heavy atom. The van der Waals surface area contributed by atoms with E-state index in [0.717, 1.165) is 5.56 Å². The van der Waals surface area contributed by atoms with Gasteiger partial charge in [0, 0.05) is 5.39 Å². The molecule has 0 aliphatic carbocycles. The lowest BCUT2D eigenvalue weighted by Crippen LogP contribution is -1.89. The first-order valence-corrected chi connectivity index (χ1v) is 5.13. The first-order valence-electron chi connectivity index (χ1n) is 4.75. The highest BCUT2D eigenvalue weighted by molar-refractivity contribution is 6.35. The molecule has 0 saturated carbocycles. The van der Waals surface area contributed by atoms with Gasteiger partial charge in [-0.25, -0.2) is 4.39 Å². The summed E-state index contributed by atoms with van der Waals surface area (Å²) in [6, 6.07) is 2.64. The number of benzene rings is 1. The molecule has 0 aliphatic rings. The fourth-order valence-corrected chi connectivity index (χ4v) is 1.45. The van der Waals surface area contributed by atoms with E-state index in [2.05, 4.69) is 10.2 Å². The molecule has 0 unspecified atom stereocenters. The van der Waals surface area contributed by atoms with Gasteiger partial charge < -0.3 is 0 Å². The molecule has 4 heteroatoms. The fourth-order valence-electron chi connectivity index (χ4n) is 1.21. The molecule has 80 valence electrons. The van der Waals surface area contributed by atoms with E-state index in [1.165, 1.54) is 12.1 Å². The number of hydrogen-bond donors (Lipinski definition) is 0. The van der Waals surface area contributed by atoms with Crippen molar-refractivity contribution >= 4 is 22.5 Å². The standard InChI is InChI=1S/C9H6ClFN2.C2H6/c1-5-4-12-13-9-7(5)2-6(11)3-8(9)10;1-2/h2-4H,1H3;1-2H3. The molecule has 0 aliphatic heterocycles. The number of aromatic nitrogens is 2. The average Bonchev–Trinajstić information content (AvgIpc) is 2.23. The summed E-state index contributed by atoms with van der Waals surface area (Å²) in [5.41, 5.74) is 1.41. The van der Waals surface area contributed by atoms with Gasteiger partial charge in [0.1, 0.15) is 11.3 Å². The second-order valence-electron chi connectivity index (χ2n) is 2.81. The molecule has 0 amide bonds. The van der Waals surface area contributed by atoms with E-state index in [1.807, 2.05) is 20.8 Å². The highest BCUT2D eigenvalue weighted by Gasteiger charge is 2.05. The van der Waals surface area contributed by atoms with Crippen LogP contribution in [0.4, 0.5) is 4.39 Å². The van der Waals surface area contributed by atoms with Crippen molar-refractivity contribution < 1.29 is 4.39 Å². The van der Waals surface area contributed by atoms with Gasteiger partial charge in [-0.3, -0.25) is 0 Å². The minimum absolute atomic E-state index is 0.297. The van der Waals surface area contributed by atoms with E-state index >= 15 is 0 Å². The molecule has 15 heavy (non-hydrogen) atoms. The average molecular weight is 227 g/mol. The molecule has 2 nitrogen and oxygen atoms in total. The highest BCUT2D eigenvalue weighted by Crippen LogP contribution is 2.24. The van der Waals surface area contributed by atoms with Crippen LogP contribution in [0.3, 0.4) is 0 Å². The van der Waals surface area contributed by atoms with Gasteiger partial charge in [0.25, 0.3) is 0 Å². The normalized spacial score (nSPS) is 9.67. The number of halogens is 2. The lowest BCUT2D eigenvalue weighted by molar-refractivity contribution is 0.629. The van der Waals surface area contributed by atoms with Crippen molar-refractivity contribution in [2.24, 2.45) is 0 Å². The third-order valence-electron chi connectivity index (χ3n) is 1.86. The lowest BCUT2D eigenvalue weighted by Gasteiger charge is -2.01. The molecule has 1 aromatic heterocycles.